The fourth-order valence-electron chi connectivity index (χ4n) is 1.92. The summed E-state index contributed by atoms with van der Waals surface area (Å²) in [4.78, 5) is 24.6. The van der Waals surface area contributed by atoms with Crippen LogP contribution in [0.4, 0.5) is 0 Å². The van der Waals surface area contributed by atoms with Crippen molar-refractivity contribution in [2.75, 3.05) is 26.2 Å². The first-order valence-corrected chi connectivity index (χ1v) is 6.38. The molecule has 1 N–H and O–H groups in total. The topological polar surface area (TPSA) is 58.6 Å². The Balaban J connectivity index is 2.30. The molecule has 1 heterocycles. The van der Waals surface area contributed by atoms with Crippen LogP contribution in [0.5, 0.6) is 0 Å². The van der Waals surface area contributed by atoms with Crippen LogP contribution in [-0.2, 0) is 14.3 Å². The average Bonchev–Trinajstić information content (AvgIpc) is 2.84. The van der Waals surface area contributed by atoms with Gasteiger partial charge in [-0.05, 0) is 12.8 Å². The van der Waals surface area contributed by atoms with Crippen molar-refractivity contribution in [1.82, 2.24) is 10.2 Å². The highest BCUT2D eigenvalue weighted by Crippen LogP contribution is 2.13. The summed E-state index contributed by atoms with van der Waals surface area (Å²) in [5.41, 5.74) is 0. The highest BCUT2D eigenvalue weighted by molar-refractivity contribution is 5.78. The van der Waals surface area contributed by atoms with E-state index in [9.17, 15) is 9.59 Å². The van der Waals surface area contributed by atoms with Crippen molar-refractivity contribution in [3.05, 3.63) is 12.7 Å². The molecule has 1 unspecified atom stereocenters. The Hall–Kier alpha value is -1.36. The van der Waals surface area contributed by atoms with Crippen LogP contribution < -0.4 is 5.32 Å². The third-order valence-corrected chi connectivity index (χ3v) is 2.95. The number of hydrogen-bond donors (Lipinski definition) is 1. The zero-order valence-corrected chi connectivity index (χ0v) is 11.0. The summed E-state index contributed by atoms with van der Waals surface area (Å²) in [5, 5.41) is 2.69. The number of nitrogens with one attached hydrogen (secondary N) is 1. The molecule has 0 spiro atoms. The molecule has 1 aliphatic rings. The Kier molecular flexibility index (Phi) is 6.43. The summed E-state index contributed by atoms with van der Waals surface area (Å²) in [5.74, 6) is -0.0736. The van der Waals surface area contributed by atoms with Gasteiger partial charge in [0.05, 0.1) is 6.10 Å². The van der Waals surface area contributed by atoms with Gasteiger partial charge in [-0.3, -0.25) is 9.59 Å². The van der Waals surface area contributed by atoms with Crippen molar-refractivity contribution in [3.63, 3.8) is 0 Å². The Morgan fingerprint density at radius 3 is 2.89 bits per heavy atom. The van der Waals surface area contributed by atoms with E-state index in [2.05, 4.69) is 11.9 Å². The van der Waals surface area contributed by atoms with Crippen LogP contribution in [0.25, 0.3) is 0 Å². The van der Waals surface area contributed by atoms with Gasteiger partial charge in [0.15, 0.2) is 0 Å². The lowest BCUT2D eigenvalue weighted by molar-refractivity contribution is -0.131. The predicted octanol–water partition coefficient (Wildman–Crippen LogP) is 0.706. The smallest absolute Gasteiger partial charge is 0.222 e. The van der Waals surface area contributed by atoms with E-state index in [0.29, 0.717) is 26.1 Å². The minimum absolute atomic E-state index is 0.0120. The maximum absolute atomic E-state index is 11.5. The van der Waals surface area contributed by atoms with Crippen LogP contribution in [0, 0.1) is 0 Å². The number of hydrogen-bond acceptors (Lipinski definition) is 3. The van der Waals surface area contributed by atoms with Crippen molar-refractivity contribution in [3.8, 4) is 0 Å². The second kappa shape index (κ2) is 7.87. The van der Waals surface area contributed by atoms with Crippen molar-refractivity contribution >= 4 is 11.8 Å². The number of rotatable bonds is 7. The van der Waals surface area contributed by atoms with E-state index in [4.69, 9.17) is 4.74 Å². The molecule has 5 heteroatoms. The molecule has 1 saturated heterocycles. The standard InChI is InChI=1S/C13H22N2O3/c1-3-7-14-13(17)6-8-15(11(2)16)10-12-5-4-9-18-12/h3,12H,1,4-10H2,2H3,(H,14,17). The van der Waals surface area contributed by atoms with E-state index in [1.54, 1.807) is 11.0 Å². The fourth-order valence-corrected chi connectivity index (χ4v) is 1.92. The highest BCUT2D eigenvalue weighted by atomic mass is 16.5. The molecule has 5 nitrogen and oxygen atoms in total. The van der Waals surface area contributed by atoms with Gasteiger partial charge in [0, 0.05) is 39.6 Å². The van der Waals surface area contributed by atoms with Gasteiger partial charge in [0.1, 0.15) is 0 Å². The van der Waals surface area contributed by atoms with E-state index in [-0.39, 0.29) is 17.9 Å². The molecular formula is C13H22N2O3. The monoisotopic (exact) mass is 254 g/mol. The number of carbonyl (C=O) groups is 2. The Morgan fingerprint density at radius 1 is 1.56 bits per heavy atom. The van der Waals surface area contributed by atoms with Crippen molar-refractivity contribution in [2.24, 2.45) is 0 Å². The number of ether oxygens (including phenoxy) is 1. The summed E-state index contributed by atoms with van der Waals surface area (Å²) < 4.78 is 5.50. The second-order valence-corrected chi connectivity index (χ2v) is 4.44. The first-order chi connectivity index (χ1) is 8.63. The summed E-state index contributed by atoms with van der Waals surface area (Å²) >= 11 is 0. The van der Waals surface area contributed by atoms with E-state index in [0.717, 1.165) is 19.4 Å². The van der Waals surface area contributed by atoms with Crippen LogP contribution in [0.1, 0.15) is 26.2 Å². The molecule has 1 atom stereocenters. The summed E-state index contributed by atoms with van der Waals surface area (Å²) in [6, 6.07) is 0. The van der Waals surface area contributed by atoms with Gasteiger partial charge in [-0.15, -0.1) is 6.58 Å². The zero-order valence-electron chi connectivity index (χ0n) is 11.0. The average molecular weight is 254 g/mol. The number of amides is 2. The van der Waals surface area contributed by atoms with Crippen molar-refractivity contribution in [2.45, 2.75) is 32.3 Å². The molecule has 0 bridgehead atoms. The molecule has 0 aromatic heterocycles. The van der Waals surface area contributed by atoms with Crippen LogP contribution in [0.15, 0.2) is 12.7 Å². The molecular weight excluding hydrogens is 232 g/mol. The molecule has 1 rings (SSSR count). The molecule has 102 valence electrons. The van der Waals surface area contributed by atoms with Gasteiger partial charge in [-0.1, -0.05) is 6.08 Å². The molecule has 0 aromatic carbocycles. The van der Waals surface area contributed by atoms with Crippen LogP contribution in [-0.4, -0.2) is 49.1 Å². The van der Waals surface area contributed by atoms with Gasteiger partial charge in [0.25, 0.3) is 0 Å². The third kappa shape index (κ3) is 5.31. The lowest BCUT2D eigenvalue weighted by atomic mass is 10.2. The second-order valence-electron chi connectivity index (χ2n) is 4.44. The minimum Gasteiger partial charge on any atom is -0.376 e. The third-order valence-electron chi connectivity index (χ3n) is 2.95. The van der Waals surface area contributed by atoms with E-state index < -0.39 is 0 Å². The lowest BCUT2D eigenvalue weighted by Gasteiger charge is -2.23. The first kappa shape index (κ1) is 14.7. The van der Waals surface area contributed by atoms with Crippen LogP contribution >= 0.6 is 0 Å². The predicted molar refractivity (Wildman–Crippen MR) is 69.1 cm³/mol. The summed E-state index contributed by atoms with van der Waals surface area (Å²) in [7, 11) is 0. The Labute approximate surface area is 108 Å². The lowest BCUT2D eigenvalue weighted by Crippen LogP contribution is -2.38. The zero-order chi connectivity index (χ0) is 13.4. The van der Waals surface area contributed by atoms with Gasteiger partial charge in [0.2, 0.25) is 11.8 Å². The van der Waals surface area contributed by atoms with E-state index in [1.165, 1.54) is 6.92 Å². The minimum atomic E-state index is -0.0616. The van der Waals surface area contributed by atoms with Crippen molar-refractivity contribution < 1.29 is 14.3 Å². The van der Waals surface area contributed by atoms with Crippen molar-refractivity contribution in [1.29, 1.82) is 0 Å². The molecule has 1 aliphatic heterocycles. The molecule has 0 aromatic rings. The van der Waals surface area contributed by atoms with Crippen LogP contribution in [0.3, 0.4) is 0 Å². The highest BCUT2D eigenvalue weighted by Gasteiger charge is 2.20. The van der Waals surface area contributed by atoms with Crippen LogP contribution in [0.2, 0.25) is 0 Å². The molecule has 2 amide bonds. The van der Waals surface area contributed by atoms with E-state index in [1.807, 2.05) is 0 Å². The van der Waals surface area contributed by atoms with Gasteiger partial charge in [-0.2, -0.15) is 0 Å². The Bertz CT molecular complexity index is 299. The molecule has 0 radical (unpaired) electrons. The molecule has 0 saturated carbocycles. The maximum atomic E-state index is 11.5. The number of nitrogens with zero attached hydrogens (tertiary/aromatic N) is 1. The van der Waals surface area contributed by atoms with Gasteiger partial charge >= 0.3 is 0 Å². The summed E-state index contributed by atoms with van der Waals surface area (Å²) in [6.07, 6.45) is 4.13. The molecule has 1 fully saturated rings. The molecule has 0 aliphatic carbocycles. The first-order valence-electron chi connectivity index (χ1n) is 6.38. The van der Waals surface area contributed by atoms with Gasteiger partial charge in [-0.25, -0.2) is 0 Å². The fraction of sp³-hybridized carbons (Fsp3) is 0.692. The van der Waals surface area contributed by atoms with E-state index >= 15 is 0 Å². The maximum Gasteiger partial charge on any atom is 0.222 e. The molecule has 18 heavy (non-hydrogen) atoms. The normalized spacial score (nSPS) is 18.4. The Morgan fingerprint density at radius 2 is 2.33 bits per heavy atom. The van der Waals surface area contributed by atoms with Gasteiger partial charge < -0.3 is 15.0 Å². The number of carbonyl (C=O) groups excluding carboxylic acids is 2. The summed E-state index contributed by atoms with van der Waals surface area (Å²) in [6.45, 7) is 7.32. The quantitative estimate of drug-likeness (QED) is 0.681. The SMILES string of the molecule is C=CCNC(=O)CCN(CC1CCCO1)C(C)=O. The largest absolute Gasteiger partial charge is 0.376 e.